The normalized spacial score (nSPS) is 10.2. The fraction of sp³-hybridized carbons (Fsp3) is 0.294. The van der Waals surface area contributed by atoms with E-state index in [1.807, 2.05) is 0 Å². The number of likely N-dealkylation sites (N-methyl/N-ethyl adjacent to an activating group) is 1. The van der Waals surface area contributed by atoms with Crippen LogP contribution >= 0.6 is 15.9 Å². The Labute approximate surface area is 154 Å². The van der Waals surface area contributed by atoms with Crippen molar-refractivity contribution in [2.75, 3.05) is 33.9 Å². The Kier molecular flexibility index (Phi) is 6.88. The number of hydrogen-bond donors (Lipinski definition) is 1. The van der Waals surface area contributed by atoms with Crippen LogP contribution in [0.15, 0.2) is 45.5 Å². The number of methoxy groups -OCH3 is 1. The number of rotatable bonds is 8. The van der Waals surface area contributed by atoms with Crippen molar-refractivity contribution in [3.63, 3.8) is 0 Å². The lowest BCUT2D eigenvalue weighted by atomic mass is 10.3. The van der Waals surface area contributed by atoms with Crippen molar-refractivity contribution in [2.45, 2.75) is 0 Å². The summed E-state index contributed by atoms with van der Waals surface area (Å²) >= 11 is 3.12. The average molecular weight is 411 g/mol. The van der Waals surface area contributed by atoms with Crippen LogP contribution in [0.4, 0.5) is 0 Å². The molecule has 0 aliphatic rings. The van der Waals surface area contributed by atoms with Crippen LogP contribution in [0.1, 0.15) is 10.6 Å². The molecule has 2 rings (SSSR count). The molecule has 0 saturated carbocycles. The van der Waals surface area contributed by atoms with Crippen LogP contribution < -0.4 is 14.8 Å². The number of amides is 2. The number of ether oxygens (including phenoxy) is 2. The molecule has 0 saturated heterocycles. The molecule has 25 heavy (non-hydrogen) atoms. The molecule has 2 amide bonds. The maximum atomic E-state index is 12.0. The number of carbonyl (C=O) groups is 2. The molecule has 8 heteroatoms. The van der Waals surface area contributed by atoms with Gasteiger partial charge in [-0.15, -0.1) is 0 Å². The molecule has 1 aromatic carbocycles. The number of nitrogens with one attached hydrogen (secondary N) is 1. The fourth-order valence-electron chi connectivity index (χ4n) is 1.91. The highest BCUT2D eigenvalue weighted by molar-refractivity contribution is 9.10. The zero-order chi connectivity index (χ0) is 18.2. The van der Waals surface area contributed by atoms with Crippen molar-refractivity contribution in [1.29, 1.82) is 0 Å². The van der Waals surface area contributed by atoms with Gasteiger partial charge in [0.1, 0.15) is 18.1 Å². The summed E-state index contributed by atoms with van der Waals surface area (Å²) in [6.07, 6.45) is 0. The minimum absolute atomic E-state index is 0.115. The summed E-state index contributed by atoms with van der Waals surface area (Å²) in [6.45, 7) is 0.622. The van der Waals surface area contributed by atoms with Gasteiger partial charge in [-0.3, -0.25) is 9.59 Å². The van der Waals surface area contributed by atoms with Crippen LogP contribution in [-0.2, 0) is 4.79 Å². The fourth-order valence-corrected chi connectivity index (χ4v) is 2.22. The molecule has 0 aliphatic carbocycles. The lowest BCUT2D eigenvalue weighted by Gasteiger charge is -2.17. The molecule has 0 spiro atoms. The molecule has 0 unspecified atom stereocenters. The Bertz CT molecular complexity index is 714. The Balaban J connectivity index is 1.69. The molecule has 1 N–H and O–H groups in total. The van der Waals surface area contributed by atoms with Crippen LogP contribution in [0.3, 0.4) is 0 Å². The highest BCUT2D eigenvalue weighted by Gasteiger charge is 2.14. The molecule has 0 radical (unpaired) electrons. The number of halogens is 1. The van der Waals surface area contributed by atoms with Gasteiger partial charge in [0.25, 0.3) is 5.91 Å². The summed E-state index contributed by atoms with van der Waals surface area (Å²) in [7, 11) is 3.25. The molecule has 0 atom stereocenters. The van der Waals surface area contributed by atoms with E-state index >= 15 is 0 Å². The van der Waals surface area contributed by atoms with E-state index in [0.29, 0.717) is 23.6 Å². The smallest absolute Gasteiger partial charge is 0.287 e. The summed E-state index contributed by atoms with van der Waals surface area (Å²) < 4.78 is 16.2. The molecule has 1 heterocycles. The average Bonchev–Trinajstić information content (AvgIpc) is 3.06. The largest absolute Gasteiger partial charge is 0.497 e. The van der Waals surface area contributed by atoms with Crippen LogP contribution in [0, 0.1) is 0 Å². The quantitative estimate of drug-likeness (QED) is 0.721. The van der Waals surface area contributed by atoms with Crippen LogP contribution in [-0.4, -0.2) is 50.6 Å². The summed E-state index contributed by atoms with van der Waals surface area (Å²) in [6, 6.07) is 10.3. The van der Waals surface area contributed by atoms with Crippen molar-refractivity contribution in [3.05, 3.63) is 46.8 Å². The highest BCUT2D eigenvalue weighted by Crippen LogP contribution is 2.17. The van der Waals surface area contributed by atoms with Gasteiger partial charge in [-0.1, -0.05) is 0 Å². The predicted octanol–water partition coefficient (Wildman–Crippen LogP) is 2.32. The van der Waals surface area contributed by atoms with Gasteiger partial charge in [0.05, 0.1) is 20.2 Å². The van der Waals surface area contributed by atoms with Gasteiger partial charge in [-0.2, -0.15) is 0 Å². The Morgan fingerprint density at radius 1 is 1.16 bits per heavy atom. The van der Waals surface area contributed by atoms with Crippen LogP contribution in [0.2, 0.25) is 0 Å². The molecular weight excluding hydrogens is 392 g/mol. The number of benzene rings is 1. The number of hydrogen-bond acceptors (Lipinski definition) is 5. The van der Waals surface area contributed by atoms with Gasteiger partial charge in [0.2, 0.25) is 5.91 Å². The number of nitrogens with zero attached hydrogens (tertiary/aromatic N) is 1. The maximum absolute atomic E-state index is 12.0. The molecule has 0 bridgehead atoms. The molecule has 0 aliphatic heterocycles. The van der Waals surface area contributed by atoms with E-state index in [9.17, 15) is 9.59 Å². The second-order valence-electron chi connectivity index (χ2n) is 5.13. The first-order chi connectivity index (χ1) is 12.0. The first kappa shape index (κ1) is 18.9. The van der Waals surface area contributed by atoms with E-state index < -0.39 is 5.91 Å². The minimum atomic E-state index is -0.443. The van der Waals surface area contributed by atoms with Crippen molar-refractivity contribution in [3.8, 4) is 11.5 Å². The van der Waals surface area contributed by atoms with Gasteiger partial charge < -0.3 is 24.1 Å². The first-order valence-corrected chi connectivity index (χ1v) is 8.33. The van der Waals surface area contributed by atoms with Gasteiger partial charge in [-0.05, 0) is 52.3 Å². The molecule has 1 aromatic heterocycles. The SMILES string of the molecule is COc1ccc(OCCN(C)C(=O)CNC(=O)c2ccc(Br)o2)cc1. The van der Waals surface area contributed by atoms with E-state index in [-0.39, 0.29) is 18.2 Å². The minimum Gasteiger partial charge on any atom is -0.497 e. The van der Waals surface area contributed by atoms with Crippen molar-refractivity contribution < 1.29 is 23.5 Å². The summed E-state index contributed by atoms with van der Waals surface area (Å²) in [5, 5.41) is 2.51. The van der Waals surface area contributed by atoms with Crippen LogP contribution in [0.25, 0.3) is 0 Å². The topological polar surface area (TPSA) is 81.0 Å². The van der Waals surface area contributed by atoms with E-state index in [4.69, 9.17) is 13.9 Å². The van der Waals surface area contributed by atoms with Crippen LogP contribution in [0.5, 0.6) is 11.5 Å². The second-order valence-corrected chi connectivity index (χ2v) is 5.91. The van der Waals surface area contributed by atoms with Crippen molar-refractivity contribution in [2.24, 2.45) is 0 Å². The van der Waals surface area contributed by atoms with Crippen molar-refractivity contribution in [1.82, 2.24) is 10.2 Å². The predicted molar refractivity (Wildman–Crippen MR) is 94.9 cm³/mol. The lowest BCUT2D eigenvalue weighted by Crippen LogP contribution is -2.39. The first-order valence-electron chi connectivity index (χ1n) is 7.54. The van der Waals surface area contributed by atoms with Gasteiger partial charge in [0.15, 0.2) is 10.4 Å². The zero-order valence-electron chi connectivity index (χ0n) is 14.0. The Morgan fingerprint density at radius 2 is 1.84 bits per heavy atom. The molecule has 2 aromatic rings. The van der Waals surface area contributed by atoms with E-state index in [2.05, 4.69) is 21.2 Å². The molecule has 7 nitrogen and oxygen atoms in total. The third-order valence-electron chi connectivity index (χ3n) is 3.38. The molecule has 0 fully saturated rings. The van der Waals surface area contributed by atoms with Crippen molar-refractivity contribution >= 4 is 27.7 Å². The summed E-state index contributed by atoms with van der Waals surface area (Å²) in [4.78, 5) is 25.3. The number of furan rings is 1. The highest BCUT2D eigenvalue weighted by atomic mass is 79.9. The summed E-state index contributed by atoms with van der Waals surface area (Å²) in [5.41, 5.74) is 0. The standard InChI is InChI=1S/C17H19BrN2O5/c1-20(9-10-24-13-5-3-12(23-2)4-6-13)16(21)11-19-17(22)14-7-8-15(18)25-14/h3-8H,9-11H2,1-2H3,(H,19,22). The third-order valence-corrected chi connectivity index (χ3v) is 3.80. The van der Waals surface area contributed by atoms with E-state index in [1.165, 1.54) is 11.0 Å². The zero-order valence-corrected chi connectivity index (χ0v) is 15.5. The number of carbonyl (C=O) groups excluding carboxylic acids is 2. The van der Waals surface area contributed by atoms with Gasteiger partial charge >= 0.3 is 0 Å². The maximum Gasteiger partial charge on any atom is 0.287 e. The summed E-state index contributed by atoms with van der Waals surface area (Å²) in [5.74, 6) is 0.918. The van der Waals surface area contributed by atoms with E-state index in [0.717, 1.165) is 5.75 Å². The lowest BCUT2D eigenvalue weighted by molar-refractivity contribution is -0.129. The Morgan fingerprint density at radius 3 is 2.44 bits per heavy atom. The molecular formula is C17H19BrN2O5. The van der Waals surface area contributed by atoms with Gasteiger partial charge in [0, 0.05) is 7.05 Å². The monoisotopic (exact) mass is 410 g/mol. The second kappa shape index (κ2) is 9.12. The third kappa shape index (κ3) is 5.82. The molecule has 134 valence electrons. The Hall–Kier alpha value is -2.48. The van der Waals surface area contributed by atoms with Gasteiger partial charge in [-0.25, -0.2) is 0 Å². The van der Waals surface area contributed by atoms with E-state index in [1.54, 1.807) is 44.5 Å².